The van der Waals surface area contributed by atoms with Crippen molar-refractivity contribution in [2.75, 3.05) is 6.54 Å². The van der Waals surface area contributed by atoms with Crippen molar-refractivity contribution >= 4 is 11.7 Å². The molecule has 0 unspecified atom stereocenters. The predicted octanol–water partition coefficient (Wildman–Crippen LogP) is -0.365. The van der Waals surface area contributed by atoms with Gasteiger partial charge in [-0.15, -0.1) is 0 Å². The average Bonchev–Trinajstić information content (AvgIpc) is 1.98. The van der Waals surface area contributed by atoms with E-state index in [4.69, 9.17) is 0 Å². The lowest BCUT2D eigenvalue weighted by Crippen LogP contribution is -2.29. The Labute approximate surface area is 64.5 Å². The summed E-state index contributed by atoms with van der Waals surface area (Å²) in [4.78, 5) is 21.6. The summed E-state index contributed by atoms with van der Waals surface area (Å²) in [5.41, 5.74) is 0.581. The average molecular weight is 149 g/mol. The summed E-state index contributed by atoms with van der Waals surface area (Å²) in [7, 11) is 0. The third-order valence-corrected chi connectivity index (χ3v) is 1.32. The summed E-state index contributed by atoms with van der Waals surface area (Å²) in [6.45, 7) is 1.73. The van der Waals surface area contributed by atoms with Crippen LogP contribution in [0.5, 0.6) is 0 Å². The molecule has 0 atom stereocenters. The molecule has 0 bridgehead atoms. The molecule has 3 heteroatoms. The van der Waals surface area contributed by atoms with Crippen molar-refractivity contribution in [2.24, 2.45) is 0 Å². The van der Waals surface area contributed by atoms with Gasteiger partial charge < -0.3 is 5.32 Å². The second-order valence-electron chi connectivity index (χ2n) is 2.20. The number of carbonyl (C=O) groups is 2. The number of hydrogen-bond acceptors (Lipinski definition) is 2. The van der Waals surface area contributed by atoms with Crippen molar-refractivity contribution in [2.45, 2.75) is 6.92 Å². The molecule has 0 spiro atoms. The summed E-state index contributed by atoms with van der Waals surface area (Å²) in [6, 6.07) is 0. The highest BCUT2D eigenvalue weighted by molar-refractivity contribution is 6.03. The monoisotopic (exact) mass is 149 g/mol. The molecule has 1 aliphatic rings. The van der Waals surface area contributed by atoms with Gasteiger partial charge in [-0.05, 0) is 18.9 Å². The van der Waals surface area contributed by atoms with E-state index in [9.17, 15) is 9.59 Å². The van der Waals surface area contributed by atoms with Crippen LogP contribution in [-0.4, -0.2) is 18.2 Å². The van der Waals surface area contributed by atoms with Gasteiger partial charge in [0, 0.05) is 5.57 Å². The number of Topliss-reactive ketones (excluding diaryl/α,β-unsaturated/α-hetero) is 1. The number of hydrogen-bond donors (Lipinski definition) is 1. The Morgan fingerprint density at radius 2 is 2.27 bits per heavy atom. The van der Waals surface area contributed by atoms with Gasteiger partial charge in [0.1, 0.15) is 0 Å². The minimum atomic E-state index is -0.401. The lowest BCUT2D eigenvalue weighted by Gasteiger charge is -2.01. The molecule has 0 aromatic rings. The molecule has 0 aromatic heterocycles. The minimum Gasteiger partial charge on any atom is -0.338 e. The van der Waals surface area contributed by atoms with E-state index in [-0.39, 0.29) is 12.3 Å². The highest BCUT2D eigenvalue weighted by Crippen LogP contribution is 1.93. The molecular weight excluding hydrogens is 142 g/mol. The third-order valence-electron chi connectivity index (χ3n) is 1.32. The van der Waals surface area contributed by atoms with E-state index in [1.165, 1.54) is 6.08 Å². The first-order valence-electron chi connectivity index (χ1n) is 3.19. The number of amides is 1. The molecule has 1 N–H and O–H groups in total. The maximum Gasteiger partial charge on any atom is 0.296 e. The summed E-state index contributed by atoms with van der Waals surface area (Å²) >= 11 is 0. The number of nitrogens with one attached hydrogen (secondary N) is 1. The third kappa shape index (κ3) is 1.94. The van der Waals surface area contributed by atoms with Crippen LogP contribution in [0.4, 0.5) is 0 Å². The Bertz CT molecular complexity index is 291. The molecule has 0 saturated heterocycles. The maximum absolute atomic E-state index is 11.0. The van der Waals surface area contributed by atoms with Gasteiger partial charge in [0.05, 0.1) is 6.54 Å². The van der Waals surface area contributed by atoms with Gasteiger partial charge in [0.2, 0.25) is 0 Å². The fourth-order valence-electron chi connectivity index (χ4n) is 0.635. The van der Waals surface area contributed by atoms with Crippen LogP contribution in [0.15, 0.2) is 11.6 Å². The SMILES string of the molecule is CC1=CC#CC(=O)NCC1=O. The molecule has 1 heterocycles. The van der Waals surface area contributed by atoms with Gasteiger partial charge in [-0.2, -0.15) is 0 Å². The minimum absolute atomic E-state index is 0.0514. The summed E-state index contributed by atoms with van der Waals surface area (Å²) in [6.07, 6.45) is 1.46. The van der Waals surface area contributed by atoms with E-state index in [0.717, 1.165) is 0 Å². The highest BCUT2D eigenvalue weighted by Gasteiger charge is 2.06. The van der Waals surface area contributed by atoms with Crippen LogP contribution in [0.3, 0.4) is 0 Å². The molecule has 56 valence electrons. The summed E-state index contributed by atoms with van der Waals surface area (Å²) in [5, 5.41) is 2.36. The maximum atomic E-state index is 11.0. The standard InChI is InChI=1S/C8H7NO2/c1-6-3-2-4-8(11)9-5-7(6)10/h3H,5H2,1H3,(H,9,11). The van der Waals surface area contributed by atoms with Crippen molar-refractivity contribution < 1.29 is 9.59 Å². The Morgan fingerprint density at radius 1 is 1.55 bits per heavy atom. The van der Waals surface area contributed by atoms with Crippen molar-refractivity contribution in [1.82, 2.24) is 5.32 Å². The van der Waals surface area contributed by atoms with Crippen LogP contribution in [0.25, 0.3) is 0 Å². The largest absolute Gasteiger partial charge is 0.338 e. The molecule has 1 aliphatic heterocycles. The van der Waals surface area contributed by atoms with E-state index in [2.05, 4.69) is 17.2 Å². The van der Waals surface area contributed by atoms with E-state index in [1.54, 1.807) is 6.92 Å². The summed E-state index contributed by atoms with van der Waals surface area (Å²) < 4.78 is 0. The smallest absolute Gasteiger partial charge is 0.296 e. The first-order chi connectivity index (χ1) is 5.20. The van der Waals surface area contributed by atoms with E-state index < -0.39 is 5.91 Å². The van der Waals surface area contributed by atoms with Crippen molar-refractivity contribution in [3.8, 4) is 11.8 Å². The molecule has 3 nitrogen and oxygen atoms in total. The van der Waals surface area contributed by atoms with E-state index >= 15 is 0 Å². The van der Waals surface area contributed by atoms with Crippen LogP contribution in [0, 0.1) is 11.8 Å². The van der Waals surface area contributed by atoms with Crippen LogP contribution in [0.2, 0.25) is 0 Å². The lowest BCUT2D eigenvalue weighted by atomic mass is 10.1. The zero-order valence-electron chi connectivity index (χ0n) is 6.10. The van der Waals surface area contributed by atoms with Crippen LogP contribution in [0.1, 0.15) is 6.92 Å². The van der Waals surface area contributed by atoms with Gasteiger partial charge >= 0.3 is 0 Å². The van der Waals surface area contributed by atoms with Crippen LogP contribution in [-0.2, 0) is 9.59 Å². The molecule has 0 radical (unpaired) electrons. The van der Waals surface area contributed by atoms with Crippen molar-refractivity contribution in [3.05, 3.63) is 11.6 Å². The van der Waals surface area contributed by atoms with E-state index in [1.807, 2.05) is 0 Å². The second-order valence-corrected chi connectivity index (χ2v) is 2.20. The molecular formula is C8H7NO2. The van der Waals surface area contributed by atoms with Crippen molar-refractivity contribution in [3.63, 3.8) is 0 Å². The topological polar surface area (TPSA) is 46.2 Å². The molecule has 0 saturated carbocycles. The molecule has 1 amide bonds. The van der Waals surface area contributed by atoms with Crippen molar-refractivity contribution in [1.29, 1.82) is 0 Å². The molecule has 11 heavy (non-hydrogen) atoms. The van der Waals surface area contributed by atoms with E-state index in [0.29, 0.717) is 5.57 Å². The van der Waals surface area contributed by atoms with Gasteiger partial charge in [-0.3, -0.25) is 9.59 Å². The number of rotatable bonds is 0. The molecule has 0 aromatic carbocycles. The first kappa shape index (κ1) is 7.55. The van der Waals surface area contributed by atoms with Crippen LogP contribution < -0.4 is 5.32 Å². The number of allylic oxidation sites excluding steroid dienone is 1. The molecule has 0 fully saturated rings. The summed E-state index contributed by atoms with van der Waals surface area (Å²) in [5.74, 6) is 4.29. The normalized spacial score (nSPS) is 17.0. The fourth-order valence-corrected chi connectivity index (χ4v) is 0.635. The van der Waals surface area contributed by atoms with Gasteiger partial charge in [-0.25, -0.2) is 0 Å². The Hall–Kier alpha value is -1.56. The molecule has 1 rings (SSSR count). The Balaban J connectivity index is 2.90. The second kappa shape index (κ2) is 3.02. The van der Waals surface area contributed by atoms with Gasteiger partial charge in [0.15, 0.2) is 5.78 Å². The van der Waals surface area contributed by atoms with Gasteiger partial charge in [-0.1, -0.05) is 5.92 Å². The fraction of sp³-hybridized carbons (Fsp3) is 0.250. The number of carbonyl (C=O) groups excluding carboxylic acids is 2. The Morgan fingerprint density at radius 3 is 3.00 bits per heavy atom. The predicted molar refractivity (Wildman–Crippen MR) is 39.5 cm³/mol. The van der Waals surface area contributed by atoms with Crippen LogP contribution >= 0.6 is 0 Å². The number of ketones is 1. The lowest BCUT2D eigenvalue weighted by molar-refractivity contribution is -0.120. The van der Waals surface area contributed by atoms with Gasteiger partial charge in [0.25, 0.3) is 5.91 Å². The highest BCUT2D eigenvalue weighted by atomic mass is 16.2. The molecule has 0 aliphatic carbocycles. The quantitative estimate of drug-likeness (QED) is 0.478. The zero-order valence-corrected chi connectivity index (χ0v) is 6.10. The first-order valence-corrected chi connectivity index (χ1v) is 3.19. The Kier molecular flexibility index (Phi) is 2.07. The zero-order chi connectivity index (χ0) is 8.27.